The molecule has 8 rings (SSSR count). The third-order valence-electron chi connectivity index (χ3n) is 15.1. The molecule has 2 aliphatic rings. The average molecular weight is 1420 g/mol. The lowest BCUT2D eigenvalue weighted by Crippen LogP contribution is -2.40. The van der Waals surface area contributed by atoms with Gasteiger partial charge in [-0.2, -0.15) is 28.9 Å². The third-order valence-corrected chi connectivity index (χ3v) is 30.6. The molecule has 6 aromatic carbocycles. The number of carboxylic acids is 1. The van der Waals surface area contributed by atoms with Gasteiger partial charge in [0.1, 0.15) is 4.90 Å². The van der Waals surface area contributed by atoms with Gasteiger partial charge in [-0.25, -0.2) is 0 Å². The van der Waals surface area contributed by atoms with E-state index < -0.39 is 41.0 Å². The van der Waals surface area contributed by atoms with E-state index in [0.29, 0.717) is 20.8 Å². The molecule has 0 bridgehead atoms. The van der Waals surface area contributed by atoms with Gasteiger partial charge in [0.15, 0.2) is 30.7 Å². The topological polar surface area (TPSA) is 207 Å². The summed E-state index contributed by atoms with van der Waals surface area (Å²) in [7, 11) is -8.08. The molecule has 0 amide bonds. The summed E-state index contributed by atoms with van der Waals surface area (Å²) in [4.78, 5) is 19.7. The van der Waals surface area contributed by atoms with Crippen LogP contribution in [0.15, 0.2) is 211 Å². The maximum Gasteiger partial charge on any atom is 0.358 e. The number of nitrogens with zero attached hydrogens (tertiary/aromatic N) is 5. The molecule has 0 atom stereocenters. The number of aliphatic carboxylic acids is 1. The predicted octanol–water partition coefficient (Wildman–Crippen LogP) is 21.3. The molecule has 15 nitrogen and oxygen atoms in total. The molecule has 0 aliphatic carbocycles. The molecular formula is C73H114BrN5O10SSi3. The highest BCUT2D eigenvalue weighted by Gasteiger charge is 2.39. The lowest BCUT2D eigenvalue weighted by Gasteiger charge is -2.35. The fourth-order valence-corrected chi connectivity index (χ4v) is 10.8. The molecular weight excluding hydrogens is 1300 g/mol. The second-order valence-electron chi connectivity index (χ2n) is 26.2. The highest BCUT2D eigenvalue weighted by atomic mass is 79.9. The Balaban J connectivity index is 0. The molecule has 2 aliphatic heterocycles. The van der Waals surface area contributed by atoms with E-state index in [9.17, 15) is 13.2 Å². The number of benzene rings is 6. The monoisotopic (exact) mass is 1420 g/mol. The van der Waals surface area contributed by atoms with Gasteiger partial charge in [0.2, 0.25) is 11.3 Å². The zero-order valence-corrected chi connectivity index (χ0v) is 66.2. The molecule has 0 fully saturated rings. The fourth-order valence-electron chi connectivity index (χ4n) is 6.29. The van der Waals surface area contributed by atoms with Gasteiger partial charge in [0.25, 0.3) is 5.97 Å². The van der Waals surface area contributed by atoms with Gasteiger partial charge >= 0.3 is 10.1 Å². The van der Waals surface area contributed by atoms with Crippen molar-refractivity contribution in [2.45, 2.75) is 202 Å². The Kier molecular flexibility index (Phi) is 41.4. The zero-order chi connectivity index (χ0) is 72.0. The van der Waals surface area contributed by atoms with Crippen LogP contribution < -0.4 is 0 Å². The predicted molar refractivity (Wildman–Crippen MR) is 399 cm³/mol. The molecule has 0 saturated carbocycles. The summed E-state index contributed by atoms with van der Waals surface area (Å²) in [5.74, 6) is -0.712. The molecule has 2 N–H and O–H groups in total. The summed E-state index contributed by atoms with van der Waals surface area (Å²) in [5, 5.41) is 35.5. The second kappa shape index (κ2) is 43.2. The van der Waals surface area contributed by atoms with E-state index in [1.807, 2.05) is 172 Å². The van der Waals surface area contributed by atoms with E-state index >= 15 is 0 Å². The minimum absolute atomic E-state index is 0.0905. The normalized spacial score (nSPS) is 13.1. The van der Waals surface area contributed by atoms with Crippen LogP contribution in [0.4, 0.5) is 0 Å². The van der Waals surface area contributed by atoms with Gasteiger partial charge in [0.05, 0.1) is 5.71 Å². The molecule has 2 heterocycles. The summed E-state index contributed by atoms with van der Waals surface area (Å²) in [6, 6.07) is 55.0. The van der Waals surface area contributed by atoms with Crippen LogP contribution >= 0.6 is 15.9 Å². The van der Waals surface area contributed by atoms with Crippen molar-refractivity contribution in [3.05, 3.63) is 208 Å². The fraction of sp³-hybridized carbons (Fsp3) is 0.466. The number of aryl methyl sites for hydroxylation is 1. The van der Waals surface area contributed by atoms with Gasteiger partial charge in [-0.1, -0.05) is 241 Å². The highest BCUT2D eigenvalue weighted by molar-refractivity contribution is 9.10. The van der Waals surface area contributed by atoms with Crippen LogP contribution in [0.3, 0.4) is 0 Å². The van der Waals surface area contributed by atoms with Crippen molar-refractivity contribution >= 4 is 68.5 Å². The number of carbonyl (C=O) groups is 2. The first-order valence-corrected chi connectivity index (χ1v) is 42.4. The van der Waals surface area contributed by atoms with Crippen molar-refractivity contribution in [3.8, 4) is 0 Å². The van der Waals surface area contributed by atoms with Crippen molar-refractivity contribution in [2.75, 3.05) is 26.4 Å². The van der Waals surface area contributed by atoms with E-state index in [0.717, 1.165) is 47.9 Å². The van der Waals surface area contributed by atoms with Crippen molar-refractivity contribution in [3.63, 3.8) is 0 Å². The summed E-state index contributed by atoms with van der Waals surface area (Å²) in [6.07, 6.45) is 0. The van der Waals surface area contributed by atoms with E-state index in [2.05, 4.69) is 164 Å². The number of halogens is 1. The van der Waals surface area contributed by atoms with Gasteiger partial charge < -0.3 is 23.5 Å². The van der Waals surface area contributed by atoms with Crippen molar-refractivity contribution in [1.29, 1.82) is 0 Å². The van der Waals surface area contributed by atoms with E-state index in [1.165, 1.54) is 23.3 Å². The number of Topliss-reactive ketones (excluding diaryl/α,β-unsaturated/α-hetero) is 1. The van der Waals surface area contributed by atoms with Crippen LogP contribution in [-0.2, 0) is 43.8 Å². The Morgan fingerprint density at radius 1 is 0.495 bits per heavy atom. The molecule has 516 valence electrons. The van der Waals surface area contributed by atoms with E-state index in [1.54, 1.807) is 32.9 Å². The number of oxime groups is 1. The number of ketones is 1. The van der Waals surface area contributed by atoms with Crippen molar-refractivity contribution < 1.29 is 45.8 Å². The van der Waals surface area contributed by atoms with E-state index in [4.69, 9.17) is 32.6 Å². The number of hydrogen-bond acceptors (Lipinski definition) is 14. The van der Waals surface area contributed by atoms with Crippen LogP contribution in [0.1, 0.15) is 157 Å². The Labute approximate surface area is 573 Å². The Morgan fingerprint density at radius 2 is 0.753 bits per heavy atom. The van der Waals surface area contributed by atoms with Crippen LogP contribution in [0, 0.1) is 6.92 Å². The minimum Gasteiger partial charge on any atom is -0.481 e. The first-order valence-electron chi connectivity index (χ1n) is 31.5. The lowest BCUT2D eigenvalue weighted by atomic mass is 10.1. The molecule has 0 aromatic heterocycles. The van der Waals surface area contributed by atoms with Crippen molar-refractivity contribution in [2.24, 2.45) is 25.6 Å². The quantitative estimate of drug-likeness (QED) is 0.0484. The second-order valence-corrected chi connectivity index (χ2v) is 43.1. The minimum atomic E-state index is -3.87. The number of carboxylic acid groups (broad SMARTS) is 1. The Bertz CT molecular complexity index is 3050. The number of aliphatic hydroxyl groups excluding tert-OH is 1. The molecule has 0 spiro atoms. The summed E-state index contributed by atoms with van der Waals surface area (Å²) >= 11 is 3.31. The maximum atomic E-state index is 11.9. The standard InChI is InChI=1S/C15H15NO3S.2C8H8N2.3C8H20OSi.C8H8O.C6H5Br.C2H4O2.C2H6O/c1-12-8-10-15(11-9-12)20(17,18)19-16-13(2)14-6-4-3-5-7-14;2*1-8(9-10-8)7-5-3-2-4-6-7;3*1-7-9-10(5,6)8(2,3)4;1-7(9)8-5-3-2-4-6-8;7-6-4-2-1-3-5-6;1-2(3)4;1-2-3/h3-11H,1-2H3;2*2-6H,1H3;3*7H2,1-6H3;2-6H,1H3;1-5H;1H3,(H,3,4);3H,2H2,1H3/b16-13+;;;;;;;;;. The van der Waals surface area contributed by atoms with Crippen LogP contribution in [-0.4, -0.2) is 87.5 Å². The molecule has 0 saturated heterocycles. The van der Waals surface area contributed by atoms with E-state index in [-0.39, 0.29) is 28.6 Å². The smallest absolute Gasteiger partial charge is 0.358 e. The van der Waals surface area contributed by atoms with Crippen LogP contribution in [0.2, 0.25) is 54.4 Å². The molecule has 20 heteroatoms. The largest absolute Gasteiger partial charge is 0.481 e. The number of hydrogen-bond donors (Lipinski definition) is 2. The Morgan fingerprint density at radius 3 is 0.957 bits per heavy atom. The van der Waals surface area contributed by atoms with Gasteiger partial charge in [-0.05, 0) is 147 Å². The molecule has 93 heavy (non-hydrogen) atoms. The first kappa shape index (κ1) is 89.1. The number of rotatable bonds is 13. The summed E-state index contributed by atoms with van der Waals surface area (Å²) < 4.78 is 47.0. The van der Waals surface area contributed by atoms with Crippen LogP contribution in [0.25, 0.3) is 0 Å². The average Bonchev–Trinajstić information content (AvgIpc) is 1.90. The molecule has 6 aromatic rings. The van der Waals surface area contributed by atoms with Crippen LogP contribution in [0.5, 0.6) is 0 Å². The van der Waals surface area contributed by atoms with Gasteiger partial charge in [-0.15, -0.1) is 0 Å². The molecule has 0 unspecified atom stereocenters. The third kappa shape index (κ3) is 38.9. The summed E-state index contributed by atoms with van der Waals surface area (Å²) in [6.45, 7) is 54.9. The first-order chi connectivity index (χ1) is 42.9. The molecule has 0 radical (unpaired) electrons. The Hall–Kier alpha value is -5.95. The number of carbonyl (C=O) groups excluding carboxylic acids is 1. The number of aliphatic hydroxyl groups is 1. The lowest BCUT2D eigenvalue weighted by molar-refractivity contribution is -0.134. The van der Waals surface area contributed by atoms with Crippen molar-refractivity contribution in [1.82, 2.24) is 0 Å². The van der Waals surface area contributed by atoms with Gasteiger partial charge in [0, 0.05) is 54.5 Å². The SMILES string of the molecule is Brc1ccccc1.C/C(=N\OS(=O)(=O)c1ccc(C)cc1)c1ccccc1.CC(=O)O.CC(=O)c1ccccc1.CC1(c2ccccc2)N=N1.CC1(c2ccccc2)N=N1.CCO.CCO[Si](C)(C)C(C)(C)C.CCO[Si](C)(C)C(C)(C)C.CCO[Si](C)(C)C(C)(C)C. The maximum absolute atomic E-state index is 11.9. The zero-order valence-electron chi connectivity index (χ0n) is 60.8. The van der Waals surface area contributed by atoms with Gasteiger partial charge in [-0.3, -0.25) is 13.9 Å². The highest BCUT2D eigenvalue weighted by Crippen LogP contribution is 2.40. The summed E-state index contributed by atoms with van der Waals surface area (Å²) in [5.41, 5.74) is 5.01.